The summed E-state index contributed by atoms with van der Waals surface area (Å²) in [5.74, 6) is 0. The number of ether oxygens (including phenoxy) is 1. The molecule has 1 aliphatic rings. The molecule has 190 valence electrons. The first-order valence-corrected chi connectivity index (χ1v) is 18.6. The molecule has 0 amide bonds. The van der Waals surface area contributed by atoms with Crippen LogP contribution in [0.2, 0.25) is 36.3 Å². The second kappa shape index (κ2) is 10.4. The molecule has 0 spiro atoms. The SMILES string of the molecule is Cc1ccc(S[C@@H]2O[C@H](CO)[C@H](O)[C@H](O[Si](C)(C)C(C)(C)C)[C@H]2O[Si](C)(C)C(C)(C)C)cc1. The quantitative estimate of drug-likeness (QED) is 0.439. The molecule has 0 aromatic heterocycles. The highest BCUT2D eigenvalue weighted by molar-refractivity contribution is 7.99. The van der Waals surface area contributed by atoms with Crippen molar-refractivity contribution in [1.29, 1.82) is 0 Å². The zero-order valence-corrected chi connectivity index (χ0v) is 25.2. The van der Waals surface area contributed by atoms with Crippen LogP contribution in [0.15, 0.2) is 29.2 Å². The molecule has 0 saturated carbocycles. The van der Waals surface area contributed by atoms with Gasteiger partial charge in [-0.15, -0.1) is 0 Å². The minimum Gasteiger partial charge on any atom is -0.408 e. The third-order valence-corrected chi connectivity index (χ3v) is 17.6. The van der Waals surface area contributed by atoms with E-state index >= 15 is 0 Å². The van der Waals surface area contributed by atoms with E-state index < -0.39 is 46.5 Å². The third kappa shape index (κ3) is 6.94. The molecule has 8 heteroatoms. The average molecular weight is 515 g/mol. The van der Waals surface area contributed by atoms with Gasteiger partial charge in [0.15, 0.2) is 16.6 Å². The van der Waals surface area contributed by atoms with Gasteiger partial charge in [0.25, 0.3) is 0 Å². The average Bonchev–Trinajstić information content (AvgIpc) is 2.66. The van der Waals surface area contributed by atoms with E-state index in [-0.39, 0.29) is 16.7 Å². The molecule has 2 rings (SSSR count). The van der Waals surface area contributed by atoms with Gasteiger partial charge in [0.2, 0.25) is 0 Å². The Kier molecular flexibility index (Phi) is 9.17. The molecule has 1 fully saturated rings. The van der Waals surface area contributed by atoms with Crippen LogP contribution in [0.1, 0.15) is 47.1 Å². The van der Waals surface area contributed by atoms with Crippen molar-refractivity contribution in [3.8, 4) is 0 Å². The Bertz CT molecular complexity index is 770. The molecule has 1 aliphatic heterocycles. The number of hydrogen-bond acceptors (Lipinski definition) is 6. The Labute approximate surface area is 207 Å². The van der Waals surface area contributed by atoms with Crippen molar-refractivity contribution < 1.29 is 23.8 Å². The van der Waals surface area contributed by atoms with E-state index in [1.807, 2.05) is 0 Å². The molecule has 5 nitrogen and oxygen atoms in total. The lowest BCUT2D eigenvalue weighted by Gasteiger charge is -2.51. The number of rotatable bonds is 7. The smallest absolute Gasteiger partial charge is 0.192 e. The van der Waals surface area contributed by atoms with Gasteiger partial charge in [-0.1, -0.05) is 71.0 Å². The van der Waals surface area contributed by atoms with E-state index in [1.54, 1.807) is 11.8 Å². The van der Waals surface area contributed by atoms with Gasteiger partial charge in [0.1, 0.15) is 29.9 Å². The maximum atomic E-state index is 11.3. The van der Waals surface area contributed by atoms with Crippen LogP contribution in [0.25, 0.3) is 0 Å². The third-order valence-electron chi connectivity index (χ3n) is 7.55. The molecular weight excluding hydrogens is 469 g/mol. The summed E-state index contributed by atoms with van der Waals surface area (Å²) in [5, 5.41) is 21.3. The molecule has 1 saturated heterocycles. The molecule has 1 aromatic carbocycles. The molecular formula is C25H46O5SSi2. The number of hydrogen-bond donors (Lipinski definition) is 2. The second-order valence-corrected chi connectivity index (χ2v) is 23.0. The summed E-state index contributed by atoms with van der Waals surface area (Å²) in [6, 6.07) is 8.32. The Balaban J connectivity index is 2.51. The van der Waals surface area contributed by atoms with E-state index in [4.69, 9.17) is 13.6 Å². The number of aliphatic hydroxyl groups excluding tert-OH is 2. The standard InChI is InChI=1S/C25H46O5SSi2/c1-17-12-14-18(15-13-17)31-23-22(30-33(10,11)25(5,6)7)21(20(27)19(16-26)28-23)29-32(8,9)24(2,3)4/h12-15,19-23,26-27H,16H2,1-11H3/t19-,20+,21+,22-,23+/m1/s1. The Morgan fingerprint density at radius 3 is 1.76 bits per heavy atom. The van der Waals surface area contributed by atoms with Crippen molar-refractivity contribution in [2.75, 3.05) is 6.61 Å². The lowest BCUT2D eigenvalue weighted by atomic mass is 10.0. The number of thioether (sulfide) groups is 1. The summed E-state index contributed by atoms with van der Waals surface area (Å²) in [5.41, 5.74) is 0.790. The van der Waals surface area contributed by atoms with Gasteiger partial charge in [-0.25, -0.2) is 0 Å². The lowest BCUT2D eigenvalue weighted by Crippen LogP contribution is -2.65. The molecule has 1 aromatic rings. The van der Waals surface area contributed by atoms with Crippen LogP contribution in [0.4, 0.5) is 0 Å². The van der Waals surface area contributed by atoms with Crippen LogP contribution in [-0.2, 0) is 13.6 Å². The summed E-state index contributed by atoms with van der Waals surface area (Å²) < 4.78 is 20.0. The van der Waals surface area contributed by atoms with E-state index in [1.165, 1.54) is 5.56 Å². The van der Waals surface area contributed by atoms with Crippen molar-refractivity contribution in [3.05, 3.63) is 29.8 Å². The van der Waals surface area contributed by atoms with Gasteiger partial charge >= 0.3 is 0 Å². The summed E-state index contributed by atoms with van der Waals surface area (Å²) in [7, 11) is -4.46. The molecule has 0 aliphatic carbocycles. The molecule has 0 unspecified atom stereocenters. The van der Waals surface area contributed by atoms with Crippen molar-refractivity contribution >= 4 is 28.4 Å². The number of aliphatic hydroxyl groups is 2. The summed E-state index contributed by atoms with van der Waals surface area (Å²) in [6.07, 6.45) is -2.71. The van der Waals surface area contributed by atoms with Crippen LogP contribution in [0.5, 0.6) is 0 Å². The molecule has 33 heavy (non-hydrogen) atoms. The van der Waals surface area contributed by atoms with Crippen molar-refractivity contribution in [3.63, 3.8) is 0 Å². The van der Waals surface area contributed by atoms with Crippen molar-refractivity contribution in [2.24, 2.45) is 0 Å². The molecule has 0 bridgehead atoms. The molecule has 5 atom stereocenters. The van der Waals surface area contributed by atoms with Crippen LogP contribution in [0, 0.1) is 6.92 Å². The summed E-state index contributed by atoms with van der Waals surface area (Å²) in [6.45, 7) is 23.8. The minimum atomic E-state index is -2.24. The Morgan fingerprint density at radius 1 is 0.879 bits per heavy atom. The topological polar surface area (TPSA) is 68.2 Å². The first-order chi connectivity index (χ1) is 14.9. The van der Waals surface area contributed by atoms with E-state index in [9.17, 15) is 10.2 Å². The first-order valence-electron chi connectivity index (χ1n) is 11.9. The van der Waals surface area contributed by atoms with Gasteiger partial charge < -0.3 is 23.8 Å². The van der Waals surface area contributed by atoms with Crippen molar-refractivity contribution in [2.45, 2.75) is 119 Å². The predicted octanol–water partition coefficient (Wildman–Crippen LogP) is 5.95. The fourth-order valence-corrected chi connectivity index (χ4v) is 6.98. The van der Waals surface area contributed by atoms with Crippen LogP contribution >= 0.6 is 11.8 Å². The fourth-order valence-electron chi connectivity index (χ4n) is 3.18. The van der Waals surface area contributed by atoms with Crippen LogP contribution in [0.3, 0.4) is 0 Å². The van der Waals surface area contributed by atoms with Gasteiger partial charge in [0.05, 0.1) is 6.61 Å². The molecule has 1 heterocycles. The van der Waals surface area contributed by atoms with E-state index in [0.29, 0.717) is 0 Å². The summed E-state index contributed by atoms with van der Waals surface area (Å²) >= 11 is 1.58. The first kappa shape index (κ1) is 29.0. The summed E-state index contributed by atoms with van der Waals surface area (Å²) in [4.78, 5) is 1.06. The van der Waals surface area contributed by atoms with Gasteiger partial charge in [-0.3, -0.25) is 0 Å². The Hall–Kier alpha value is -0.196. The molecule has 2 N–H and O–H groups in total. The van der Waals surface area contributed by atoms with Crippen molar-refractivity contribution in [1.82, 2.24) is 0 Å². The number of aryl methyl sites for hydroxylation is 1. The lowest BCUT2D eigenvalue weighted by molar-refractivity contribution is -0.197. The van der Waals surface area contributed by atoms with Crippen LogP contribution in [-0.4, -0.2) is 63.3 Å². The second-order valence-electron chi connectivity index (χ2n) is 12.3. The zero-order chi connectivity index (χ0) is 25.4. The fraction of sp³-hybridized carbons (Fsp3) is 0.760. The van der Waals surface area contributed by atoms with Crippen LogP contribution < -0.4 is 0 Å². The highest BCUT2D eigenvalue weighted by atomic mass is 32.2. The van der Waals surface area contributed by atoms with Gasteiger partial charge in [0, 0.05) is 4.90 Å². The number of benzene rings is 1. The van der Waals surface area contributed by atoms with E-state index in [2.05, 4.69) is 98.9 Å². The predicted molar refractivity (Wildman–Crippen MR) is 143 cm³/mol. The zero-order valence-electron chi connectivity index (χ0n) is 22.4. The van der Waals surface area contributed by atoms with E-state index in [0.717, 1.165) is 4.90 Å². The highest BCUT2D eigenvalue weighted by Crippen LogP contribution is 2.45. The van der Waals surface area contributed by atoms with Gasteiger partial charge in [-0.05, 0) is 55.3 Å². The highest BCUT2D eigenvalue weighted by Gasteiger charge is 2.53. The Morgan fingerprint density at radius 2 is 1.33 bits per heavy atom. The largest absolute Gasteiger partial charge is 0.408 e. The normalized spacial score (nSPS) is 27.6. The molecule has 0 radical (unpaired) electrons. The monoisotopic (exact) mass is 514 g/mol. The maximum Gasteiger partial charge on any atom is 0.192 e. The van der Waals surface area contributed by atoms with Gasteiger partial charge in [-0.2, -0.15) is 0 Å². The minimum absolute atomic E-state index is 0.00756. The maximum absolute atomic E-state index is 11.3.